The normalized spacial score (nSPS) is 18.4. The summed E-state index contributed by atoms with van der Waals surface area (Å²) in [5.41, 5.74) is 0.601. The Bertz CT molecular complexity index is 628. The van der Waals surface area contributed by atoms with Gasteiger partial charge in [-0.25, -0.2) is 4.98 Å². The predicted octanol–water partition coefficient (Wildman–Crippen LogP) is 1.72. The summed E-state index contributed by atoms with van der Waals surface area (Å²) in [5.74, 6) is 1.65. The van der Waals surface area contributed by atoms with Crippen molar-refractivity contribution in [3.05, 3.63) is 24.5 Å². The first kappa shape index (κ1) is 14.6. The molecule has 1 unspecified atom stereocenters. The molecule has 3 heterocycles. The van der Waals surface area contributed by atoms with Gasteiger partial charge in [-0.15, -0.1) is 0 Å². The molecule has 116 valence electrons. The molecule has 1 saturated heterocycles. The minimum absolute atomic E-state index is 0.218. The lowest BCUT2D eigenvalue weighted by Crippen LogP contribution is -2.40. The maximum Gasteiger partial charge on any atom is 0.227 e. The van der Waals surface area contributed by atoms with E-state index in [0.717, 1.165) is 25.9 Å². The summed E-state index contributed by atoms with van der Waals surface area (Å²) in [6, 6.07) is 0. The van der Waals surface area contributed by atoms with Crippen LogP contribution in [0.25, 0.3) is 11.5 Å². The predicted molar refractivity (Wildman–Crippen MR) is 78.6 cm³/mol. The Morgan fingerprint density at radius 2 is 2.36 bits per heavy atom. The molecule has 0 N–H and O–H groups in total. The number of rotatable bonds is 4. The zero-order valence-corrected chi connectivity index (χ0v) is 12.6. The molecule has 7 nitrogen and oxygen atoms in total. The minimum atomic E-state index is 0.218. The summed E-state index contributed by atoms with van der Waals surface area (Å²) in [4.78, 5) is 26.3. The highest BCUT2D eigenvalue weighted by Crippen LogP contribution is 2.21. The molecular weight excluding hydrogens is 282 g/mol. The van der Waals surface area contributed by atoms with Crippen LogP contribution in [-0.4, -0.2) is 44.0 Å². The van der Waals surface area contributed by atoms with Gasteiger partial charge in [-0.05, 0) is 18.8 Å². The summed E-state index contributed by atoms with van der Waals surface area (Å²) < 4.78 is 5.31. The minimum Gasteiger partial charge on any atom is -0.342 e. The zero-order chi connectivity index (χ0) is 15.4. The van der Waals surface area contributed by atoms with E-state index < -0.39 is 0 Å². The first-order valence-corrected chi connectivity index (χ1v) is 7.63. The van der Waals surface area contributed by atoms with Crippen LogP contribution in [0.15, 0.2) is 23.1 Å². The average Bonchev–Trinajstić information content (AvgIpc) is 3.03. The Morgan fingerprint density at radius 3 is 3.14 bits per heavy atom. The van der Waals surface area contributed by atoms with Crippen LogP contribution in [0.3, 0.4) is 0 Å². The van der Waals surface area contributed by atoms with Crippen molar-refractivity contribution in [2.24, 2.45) is 5.92 Å². The number of hydrogen-bond donors (Lipinski definition) is 0. The maximum atomic E-state index is 11.8. The SMILES string of the molecule is CCC(=O)N1CCCC(Cc2nc(-c3cnccn3)no2)C1. The van der Waals surface area contributed by atoms with Crippen LogP contribution in [0.4, 0.5) is 0 Å². The molecule has 2 aromatic rings. The van der Waals surface area contributed by atoms with Crippen LogP contribution in [0.5, 0.6) is 0 Å². The molecule has 0 saturated carbocycles. The Labute approximate surface area is 128 Å². The van der Waals surface area contributed by atoms with Crippen LogP contribution in [-0.2, 0) is 11.2 Å². The van der Waals surface area contributed by atoms with Gasteiger partial charge in [-0.3, -0.25) is 9.78 Å². The lowest BCUT2D eigenvalue weighted by molar-refractivity contribution is -0.132. The smallest absolute Gasteiger partial charge is 0.227 e. The second kappa shape index (κ2) is 6.64. The van der Waals surface area contributed by atoms with Crippen molar-refractivity contribution in [3.8, 4) is 11.5 Å². The lowest BCUT2D eigenvalue weighted by atomic mass is 9.94. The van der Waals surface area contributed by atoms with Gasteiger partial charge >= 0.3 is 0 Å². The summed E-state index contributed by atoms with van der Waals surface area (Å²) in [6.45, 7) is 3.53. The molecule has 0 spiro atoms. The average molecular weight is 301 g/mol. The van der Waals surface area contributed by atoms with E-state index >= 15 is 0 Å². The molecule has 0 radical (unpaired) electrons. The van der Waals surface area contributed by atoms with Crippen molar-refractivity contribution >= 4 is 5.91 Å². The highest BCUT2D eigenvalue weighted by atomic mass is 16.5. The standard InChI is InChI=1S/C15H19N5O2/c1-2-14(21)20-7-3-4-11(10-20)8-13-18-15(19-22-13)12-9-16-5-6-17-12/h5-6,9,11H,2-4,7-8,10H2,1H3. The highest BCUT2D eigenvalue weighted by molar-refractivity contribution is 5.75. The van der Waals surface area contributed by atoms with Crippen molar-refractivity contribution in [2.75, 3.05) is 13.1 Å². The van der Waals surface area contributed by atoms with E-state index in [1.54, 1.807) is 18.6 Å². The second-order valence-electron chi connectivity index (χ2n) is 5.51. The van der Waals surface area contributed by atoms with Gasteiger partial charge in [0.2, 0.25) is 17.6 Å². The third-order valence-electron chi connectivity index (χ3n) is 3.90. The number of aromatic nitrogens is 4. The molecule has 1 aliphatic rings. The Hall–Kier alpha value is -2.31. The second-order valence-corrected chi connectivity index (χ2v) is 5.51. The summed E-state index contributed by atoms with van der Waals surface area (Å²) in [5, 5.41) is 3.95. The quantitative estimate of drug-likeness (QED) is 0.854. The Kier molecular flexibility index (Phi) is 4.41. The van der Waals surface area contributed by atoms with Crippen LogP contribution in [0, 0.1) is 5.92 Å². The van der Waals surface area contributed by atoms with Crippen molar-refractivity contribution in [1.82, 2.24) is 25.0 Å². The number of piperidine rings is 1. The molecule has 1 aliphatic heterocycles. The van der Waals surface area contributed by atoms with Gasteiger partial charge in [0, 0.05) is 38.3 Å². The third-order valence-corrected chi connectivity index (χ3v) is 3.90. The van der Waals surface area contributed by atoms with E-state index in [1.807, 2.05) is 11.8 Å². The number of nitrogens with zero attached hydrogens (tertiary/aromatic N) is 5. The molecule has 0 aromatic carbocycles. The van der Waals surface area contributed by atoms with Gasteiger partial charge in [-0.2, -0.15) is 4.98 Å². The highest BCUT2D eigenvalue weighted by Gasteiger charge is 2.24. The summed E-state index contributed by atoms with van der Waals surface area (Å²) in [6.07, 6.45) is 8.17. The molecule has 2 aromatic heterocycles. The van der Waals surface area contributed by atoms with E-state index in [9.17, 15) is 4.79 Å². The van der Waals surface area contributed by atoms with Crippen molar-refractivity contribution in [3.63, 3.8) is 0 Å². The van der Waals surface area contributed by atoms with E-state index in [2.05, 4.69) is 20.1 Å². The molecule has 3 rings (SSSR count). The summed E-state index contributed by atoms with van der Waals surface area (Å²) in [7, 11) is 0. The molecule has 0 aliphatic carbocycles. The van der Waals surface area contributed by atoms with Gasteiger partial charge in [0.15, 0.2) is 0 Å². The molecule has 7 heteroatoms. The fourth-order valence-corrected chi connectivity index (χ4v) is 2.79. The number of carbonyl (C=O) groups excluding carboxylic acids is 1. The van der Waals surface area contributed by atoms with Gasteiger partial charge in [0.1, 0.15) is 5.69 Å². The van der Waals surface area contributed by atoms with Gasteiger partial charge < -0.3 is 9.42 Å². The first-order chi connectivity index (χ1) is 10.8. The molecule has 1 fully saturated rings. The summed E-state index contributed by atoms with van der Waals surface area (Å²) >= 11 is 0. The van der Waals surface area contributed by atoms with Crippen LogP contribution >= 0.6 is 0 Å². The number of carbonyl (C=O) groups is 1. The Balaban J connectivity index is 1.64. The zero-order valence-electron chi connectivity index (χ0n) is 12.6. The largest absolute Gasteiger partial charge is 0.342 e. The van der Waals surface area contributed by atoms with E-state index in [-0.39, 0.29) is 5.91 Å². The number of hydrogen-bond acceptors (Lipinski definition) is 6. The number of amides is 1. The number of likely N-dealkylation sites (tertiary alicyclic amines) is 1. The van der Waals surface area contributed by atoms with Gasteiger partial charge in [-0.1, -0.05) is 12.1 Å². The van der Waals surface area contributed by atoms with Crippen LogP contribution < -0.4 is 0 Å². The van der Waals surface area contributed by atoms with E-state index in [1.165, 1.54) is 0 Å². The third kappa shape index (κ3) is 3.29. The lowest BCUT2D eigenvalue weighted by Gasteiger charge is -2.32. The molecule has 22 heavy (non-hydrogen) atoms. The molecule has 1 amide bonds. The monoisotopic (exact) mass is 301 g/mol. The Morgan fingerprint density at radius 1 is 1.45 bits per heavy atom. The van der Waals surface area contributed by atoms with Crippen LogP contribution in [0.2, 0.25) is 0 Å². The van der Waals surface area contributed by atoms with Crippen molar-refractivity contribution in [1.29, 1.82) is 0 Å². The van der Waals surface area contributed by atoms with E-state index in [4.69, 9.17) is 4.52 Å². The molecule has 1 atom stereocenters. The maximum absolute atomic E-state index is 11.8. The van der Waals surface area contributed by atoms with E-state index in [0.29, 0.717) is 36.2 Å². The van der Waals surface area contributed by atoms with Crippen LogP contribution in [0.1, 0.15) is 32.1 Å². The fourth-order valence-electron chi connectivity index (χ4n) is 2.79. The first-order valence-electron chi connectivity index (χ1n) is 7.63. The molecular formula is C15H19N5O2. The molecule has 0 bridgehead atoms. The van der Waals surface area contributed by atoms with Gasteiger partial charge in [0.25, 0.3) is 0 Å². The van der Waals surface area contributed by atoms with Crippen molar-refractivity contribution in [2.45, 2.75) is 32.6 Å². The van der Waals surface area contributed by atoms with Gasteiger partial charge in [0.05, 0.1) is 6.20 Å². The topological polar surface area (TPSA) is 85.0 Å². The van der Waals surface area contributed by atoms with Crippen molar-refractivity contribution < 1.29 is 9.32 Å². The fraction of sp³-hybridized carbons (Fsp3) is 0.533.